The summed E-state index contributed by atoms with van der Waals surface area (Å²) < 4.78 is 0. The predicted molar refractivity (Wildman–Crippen MR) is 98.9 cm³/mol. The fraction of sp³-hybridized carbons (Fsp3) is 0.647. The summed E-state index contributed by atoms with van der Waals surface area (Å²) in [6, 6.07) is 2.21. The molecule has 0 spiro atoms. The van der Waals surface area contributed by atoms with E-state index in [9.17, 15) is 9.59 Å². The van der Waals surface area contributed by atoms with Gasteiger partial charge in [0, 0.05) is 17.5 Å². The molecule has 7 heteroatoms. The summed E-state index contributed by atoms with van der Waals surface area (Å²) >= 11 is 1.58. The summed E-state index contributed by atoms with van der Waals surface area (Å²) in [6.07, 6.45) is 5.52. The zero-order chi connectivity index (χ0) is 16.4. The van der Waals surface area contributed by atoms with Crippen molar-refractivity contribution < 1.29 is 9.59 Å². The first-order valence-electron chi connectivity index (χ1n) is 8.47. The summed E-state index contributed by atoms with van der Waals surface area (Å²) in [6.45, 7) is 3.44. The van der Waals surface area contributed by atoms with E-state index in [0.717, 1.165) is 24.1 Å². The van der Waals surface area contributed by atoms with Gasteiger partial charge in [0.15, 0.2) is 0 Å². The number of hydrogen-bond donors (Lipinski definition) is 2. The van der Waals surface area contributed by atoms with Gasteiger partial charge >= 0.3 is 0 Å². The van der Waals surface area contributed by atoms with Gasteiger partial charge in [0.05, 0.1) is 11.4 Å². The van der Waals surface area contributed by atoms with Crippen molar-refractivity contribution in [2.24, 2.45) is 11.7 Å². The van der Waals surface area contributed by atoms with Crippen LogP contribution in [0, 0.1) is 5.92 Å². The molecule has 1 aliphatic heterocycles. The molecule has 2 atom stereocenters. The maximum Gasteiger partial charge on any atom is 0.261 e. The number of nitrogens with zero attached hydrogens (tertiary/aromatic N) is 1. The smallest absolute Gasteiger partial charge is 0.261 e. The van der Waals surface area contributed by atoms with Gasteiger partial charge in [0.25, 0.3) is 5.91 Å². The highest BCUT2D eigenvalue weighted by molar-refractivity contribution is 7.14. The van der Waals surface area contributed by atoms with Gasteiger partial charge in [0.2, 0.25) is 5.91 Å². The van der Waals surface area contributed by atoms with E-state index in [1.54, 1.807) is 11.3 Å². The molecular weight excluding hydrogens is 346 g/mol. The Kier molecular flexibility index (Phi) is 6.66. The van der Waals surface area contributed by atoms with Gasteiger partial charge in [-0.1, -0.05) is 0 Å². The number of carbonyl (C=O) groups excluding carboxylic acids is 2. The van der Waals surface area contributed by atoms with E-state index in [1.165, 1.54) is 23.3 Å². The lowest BCUT2D eigenvalue weighted by Crippen LogP contribution is -2.42. The zero-order valence-electron chi connectivity index (χ0n) is 14.0. The summed E-state index contributed by atoms with van der Waals surface area (Å²) in [5.41, 5.74) is 7.01. The Balaban J connectivity index is 0.00000208. The maximum atomic E-state index is 12.3. The van der Waals surface area contributed by atoms with Gasteiger partial charge in [-0.2, -0.15) is 0 Å². The van der Waals surface area contributed by atoms with Gasteiger partial charge in [-0.15, -0.1) is 23.7 Å². The van der Waals surface area contributed by atoms with Gasteiger partial charge in [0.1, 0.15) is 0 Å². The molecule has 1 fully saturated rings. The summed E-state index contributed by atoms with van der Waals surface area (Å²) in [5, 5.41) is 2.79. The lowest BCUT2D eigenvalue weighted by molar-refractivity contribution is -0.130. The lowest BCUT2D eigenvalue weighted by atomic mass is 9.99. The second-order valence-electron chi connectivity index (χ2n) is 6.68. The van der Waals surface area contributed by atoms with Gasteiger partial charge in [-0.25, -0.2) is 0 Å². The average molecular weight is 372 g/mol. The van der Waals surface area contributed by atoms with Crippen LogP contribution in [-0.4, -0.2) is 42.4 Å². The number of aryl methyl sites for hydroxylation is 2. The van der Waals surface area contributed by atoms with Crippen molar-refractivity contribution in [3.63, 3.8) is 0 Å². The number of nitrogens with one attached hydrogen (secondary N) is 1. The number of nitrogens with two attached hydrogens (primary N) is 1. The molecule has 134 valence electrons. The Labute approximate surface area is 153 Å². The minimum atomic E-state index is -0.125. The maximum absolute atomic E-state index is 12.3. The number of hydrogen-bond acceptors (Lipinski definition) is 4. The average Bonchev–Trinajstić information content (AvgIpc) is 3.15. The van der Waals surface area contributed by atoms with Crippen LogP contribution in [0.4, 0.5) is 0 Å². The number of rotatable bonds is 4. The first-order chi connectivity index (χ1) is 11.1. The van der Waals surface area contributed by atoms with Gasteiger partial charge in [-0.05, 0) is 63.1 Å². The quantitative estimate of drug-likeness (QED) is 0.849. The highest BCUT2D eigenvalue weighted by Crippen LogP contribution is 2.29. The molecule has 1 aromatic heterocycles. The van der Waals surface area contributed by atoms with E-state index in [0.29, 0.717) is 19.0 Å². The minimum absolute atomic E-state index is 0. The van der Waals surface area contributed by atoms with E-state index in [1.807, 2.05) is 17.9 Å². The van der Waals surface area contributed by atoms with Crippen LogP contribution in [0.3, 0.4) is 0 Å². The Morgan fingerprint density at radius 3 is 2.79 bits per heavy atom. The Hall–Kier alpha value is -1.11. The second-order valence-corrected chi connectivity index (χ2v) is 7.82. The van der Waals surface area contributed by atoms with Crippen molar-refractivity contribution >= 4 is 35.6 Å². The van der Waals surface area contributed by atoms with Gasteiger partial charge < -0.3 is 16.0 Å². The third kappa shape index (κ3) is 4.10. The van der Waals surface area contributed by atoms with Crippen LogP contribution >= 0.6 is 23.7 Å². The highest BCUT2D eigenvalue weighted by atomic mass is 35.5. The molecule has 2 amide bonds. The van der Waals surface area contributed by atoms with Crippen LogP contribution in [-0.2, 0) is 17.6 Å². The van der Waals surface area contributed by atoms with E-state index in [4.69, 9.17) is 5.73 Å². The van der Waals surface area contributed by atoms with Crippen LogP contribution in [0.2, 0.25) is 0 Å². The molecule has 1 saturated heterocycles. The number of carbonyl (C=O) groups is 2. The number of fused-ring (bicyclic) bond motifs is 1. The van der Waals surface area contributed by atoms with E-state index in [-0.39, 0.29) is 36.8 Å². The molecule has 2 aliphatic rings. The highest BCUT2D eigenvalue weighted by Gasteiger charge is 2.31. The Bertz CT molecular complexity index is 581. The fourth-order valence-electron chi connectivity index (χ4n) is 3.61. The van der Waals surface area contributed by atoms with Crippen LogP contribution < -0.4 is 11.1 Å². The van der Waals surface area contributed by atoms with Crippen molar-refractivity contribution in [2.45, 2.75) is 45.1 Å². The zero-order valence-corrected chi connectivity index (χ0v) is 15.7. The topological polar surface area (TPSA) is 75.4 Å². The lowest BCUT2D eigenvalue weighted by Gasteiger charge is -2.21. The normalized spacial score (nSPS) is 22.7. The molecule has 2 heterocycles. The molecule has 3 N–H and O–H groups in total. The Morgan fingerprint density at radius 2 is 2.12 bits per heavy atom. The molecule has 0 radical (unpaired) electrons. The summed E-state index contributed by atoms with van der Waals surface area (Å²) in [5.74, 6) is 0.247. The third-order valence-electron chi connectivity index (χ3n) is 4.94. The van der Waals surface area contributed by atoms with E-state index in [2.05, 4.69) is 5.32 Å². The molecule has 24 heavy (non-hydrogen) atoms. The van der Waals surface area contributed by atoms with Crippen molar-refractivity contribution in [1.29, 1.82) is 0 Å². The van der Waals surface area contributed by atoms with Crippen molar-refractivity contribution in [3.8, 4) is 0 Å². The molecule has 0 saturated carbocycles. The third-order valence-corrected chi connectivity index (χ3v) is 6.17. The molecule has 0 aromatic carbocycles. The van der Waals surface area contributed by atoms with Crippen LogP contribution in [0.5, 0.6) is 0 Å². The molecule has 2 unspecified atom stereocenters. The predicted octanol–water partition coefficient (Wildman–Crippen LogP) is 1.97. The van der Waals surface area contributed by atoms with Crippen molar-refractivity contribution in [1.82, 2.24) is 10.2 Å². The van der Waals surface area contributed by atoms with Crippen molar-refractivity contribution in [3.05, 3.63) is 21.4 Å². The van der Waals surface area contributed by atoms with Gasteiger partial charge in [-0.3, -0.25) is 9.59 Å². The first-order valence-corrected chi connectivity index (χ1v) is 9.29. The molecule has 1 aromatic rings. The van der Waals surface area contributed by atoms with Crippen LogP contribution in [0.15, 0.2) is 6.07 Å². The van der Waals surface area contributed by atoms with Crippen molar-refractivity contribution in [2.75, 3.05) is 19.6 Å². The Morgan fingerprint density at radius 1 is 1.38 bits per heavy atom. The number of amides is 2. The summed E-state index contributed by atoms with van der Waals surface area (Å²) in [4.78, 5) is 28.5. The van der Waals surface area contributed by atoms with E-state index >= 15 is 0 Å². The molecule has 5 nitrogen and oxygen atoms in total. The molecular formula is C17H26ClN3O2S. The monoisotopic (exact) mass is 371 g/mol. The summed E-state index contributed by atoms with van der Waals surface area (Å²) in [7, 11) is 0. The largest absolute Gasteiger partial charge is 0.342 e. The molecule has 3 rings (SSSR count). The fourth-order valence-corrected chi connectivity index (χ4v) is 4.78. The van der Waals surface area contributed by atoms with Crippen LogP contribution in [0.25, 0.3) is 0 Å². The number of thiophene rings is 1. The van der Waals surface area contributed by atoms with E-state index < -0.39 is 0 Å². The second kappa shape index (κ2) is 8.32. The number of halogens is 1. The molecule has 0 bridgehead atoms. The number of likely N-dealkylation sites (tertiary alicyclic amines) is 1. The first kappa shape index (κ1) is 19.2. The molecule has 1 aliphatic carbocycles. The van der Waals surface area contributed by atoms with Crippen LogP contribution in [0.1, 0.15) is 46.3 Å². The minimum Gasteiger partial charge on any atom is -0.342 e. The SMILES string of the molecule is CC1CC(CN)CN1C(=O)CNC(=O)c1cc2c(s1)CCCC2.Cl. The standard InChI is InChI=1S/C17H25N3O2S.ClH/c1-11-6-12(8-18)10-20(11)16(21)9-19-17(22)15-7-13-4-2-3-5-14(13)23-15;/h7,11-12H,2-6,8-10,18H2,1H3,(H,19,22);1H.